The minimum Gasteiger partial charge on any atom is -0.369 e. The lowest BCUT2D eigenvalue weighted by Gasteiger charge is -2.30. The van der Waals surface area contributed by atoms with E-state index in [-0.39, 0.29) is 23.4 Å². The van der Waals surface area contributed by atoms with Crippen molar-refractivity contribution >= 4 is 22.8 Å². The highest BCUT2D eigenvalue weighted by atomic mass is 16.2. The predicted octanol–water partition coefficient (Wildman–Crippen LogP) is 3.17. The summed E-state index contributed by atoms with van der Waals surface area (Å²) >= 11 is 0. The summed E-state index contributed by atoms with van der Waals surface area (Å²) in [6.45, 7) is 0. The zero-order valence-corrected chi connectivity index (χ0v) is 16.2. The van der Waals surface area contributed by atoms with Gasteiger partial charge in [-0.3, -0.25) is 9.59 Å². The van der Waals surface area contributed by atoms with Crippen LogP contribution in [0, 0.1) is 5.92 Å². The first kappa shape index (κ1) is 18.0. The van der Waals surface area contributed by atoms with Crippen LogP contribution in [0.3, 0.4) is 0 Å². The van der Waals surface area contributed by atoms with Crippen LogP contribution in [-0.2, 0) is 4.79 Å². The Kier molecular flexibility index (Phi) is 4.58. The first-order chi connectivity index (χ1) is 14.2. The van der Waals surface area contributed by atoms with Crippen LogP contribution < -0.4 is 16.2 Å². The molecule has 4 N–H and O–H groups in total. The van der Waals surface area contributed by atoms with E-state index in [0.29, 0.717) is 6.04 Å². The standard InChI is InChI=1S/C22H25N5O2/c28-20-11-14(18-12-24-21-17(18)2-1-9-23-21)10-19(27-20)25-15-5-7-16(8-6-15)26-22(29)13-3-4-13/h1-2,9-13,15-16H,3-8H2,(H,23,24)(H,26,29)(H2,25,27,28)/t15-,16-. The Morgan fingerprint density at radius 3 is 2.66 bits per heavy atom. The highest BCUT2D eigenvalue weighted by Crippen LogP contribution is 2.31. The van der Waals surface area contributed by atoms with Gasteiger partial charge in [-0.25, -0.2) is 4.98 Å². The van der Waals surface area contributed by atoms with Crippen LogP contribution in [0.4, 0.5) is 5.82 Å². The van der Waals surface area contributed by atoms with Gasteiger partial charge in [-0.2, -0.15) is 0 Å². The van der Waals surface area contributed by atoms with Crippen molar-refractivity contribution in [3.05, 3.63) is 47.0 Å². The molecule has 0 spiro atoms. The molecule has 3 heterocycles. The maximum atomic E-state index is 12.3. The Hall–Kier alpha value is -3.09. The van der Waals surface area contributed by atoms with E-state index in [1.165, 1.54) is 0 Å². The van der Waals surface area contributed by atoms with Crippen LogP contribution in [-0.4, -0.2) is 32.9 Å². The monoisotopic (exact) mass is 391 g/mol. The van der Waals surface area contributed by atoms with Gasteiger partial charge >= 0.3 is 0 Å². The van der Waals surface area contributed by atoms with Crippen LogP contribution >= 0.6 is 0 Å². The topological polar surface area (TPSA) is 103 Å². The summed E-state index contributed by atoms with van der Waals surface area (Å²) in [6, 6.07) is 8.07. The van der Waals surface area contributed by atoms with Crippen LogP contribution in [0.25, 0.3) is 22.2 Å². The third-order valence-corrected chi connectivity index (χ3v) is 5.99. The Morgan fingerprint density at radius 2 is 1.86 bits per heavy atom. The maximum absolute atomic E-state index is 12.3. The van der Waals surface area contributed by atoms with Crippen molar-refractivity contribution < 1.29 is 4.79 Å². The SMILES string of the molecule is O=C(N[C@H]1CC[C@H](Nc2cc(-c3c[nH]c4ncccc34)cc(=O)[nH]2)CC1)C1CC1. The minimum atomic E-state index is -0.131. The molecule has 0 aromatic carbocycles. The van der Waals surface area contributed by atoms with Gasteiger partial charge in [0.25, 0.3) is 0 Å². The molecule has 0 bridgehead atoms. The second-order valence-corrected chi connectivity index (χ2v) is 8.22. The van der Waals surface area contributed by atoms with Crippen LogP contribution in [0.5, 0.6) is 0 Å². The highest BCUT2D eigenvalue weighted by molar-refractivity contribution is 5.93. The zero-order chi connectivity index (χ0) is 19.8. The van der Waals surface area contributed by atoms with Gasteiger partial charge in [0.15, 0.2) is 0 Å². The summed E-state index contributed by atoms with van der Waals surface area (Å²) in [4.78, 5) is 34.6. The average molecular weight is 391 g/mol. The van der Waals surface area contributed by atoms with E-state index >= 15 is 0 Å². The predicted molar refractivity (Wildman–Crippen MR) is 113 cm³/mol. The second kappa shape index (κ2) is 7.39. The molecule has 5 rings (SSSR count). The zero-order valence-electron chi connectivity index (χ0n) is 16.2. The number of pyridine rings is 2. The molecule has 29 heavy (non-hydrogen) atoms. The highest BCUT2D eigenvalue weighted by Gasteiger charge is 2.32. The van der Waals surface area contributed by atoms with Gasteiger partial charge in [-0.15, -0.1) is 0 Å². The van der Waals surface area contributed by atoms with Crippen molar-refractivity contribution in [2.24, 2.45) is 5.92 Å². The van der Waals surface area contributed by atoms with Crippen molar-refractivity contribution in [1.82, 2.24) is 20.3 Å². The first-order valence-corrected chi connectivity index (χ1v) is 10.4. The number of anilines is 1. The quantitative estimate of drug-likeness (QED) is 0.536. The molecule has 0 atom stereocenters. The first-order valence-electron chi connectivity index (χ1n) is 10.4. The second-order valence-electron chi connectivity index (χ2n) is 8.22. The number of hydrogen-bond acceptors (Lipinski definition) is 4. The fourth-order valence-electron chi connectivity index (χ4n) is 4.24. The molecule has 7 nitrogen and oxygen atoms in total. The average Bonchev–Trinajstić information content (AvgIpc) is 3.48. The van der Waals surface area contributed by atoms with Crippen molar-refractivity contribution in [2.45, 2.75) is 50.6 Å². The number of rotatable bonds is 5. The van der Waals surface area contributed by atoms with E-state index in [9.17, 15) is 9.59 Å². The molecule has 0 radical (unpaired) electrons. The lowest BCUT2D eigenvalue weighted by molar-refractivity contribution is -0.123. The van der Waals surface area contributed by atoms with Crippen molar-refractivity contribution in [3.63, 3.8) is 0 Å². The van der Waals surface area contributed by atoms with Crippen molar-refractivity contribution in [2.75, 3.05) is 5.32 Å². The number of fused-ring (bicyclic) bond motifs is 1. The molecule has 1 amide bonds. The molecule has 7 heteroatoms. The van der Waals surface area contributed by atoms with Gasteiger partial charge < -0.3 is 20.6 Å². The molecule has 3 aromatic rings. The molecule has 0 unspecified atom stereocenters. The summed E-state index contributed by atoms with van der Waals surface area (Å²) in [6.07, 6.45) is 9.60. The van der Waals surface area contributed by atoms with Crippen LogP contribution in [0.2, 0.25) is 0 Å². The molecular weight excluding hydrogens is 366 g/mol. The van der Waals surface area contributed by atoms with Crippen LogP contribution in [0.15, 0.2) is 41.5 Å². The summed E-state index contributed by atoms with van der Waals surface area (Å²) < 4.78 is 0. The Balaban J connectivity index is 1.27. The molecule has 2 saturated carbocycles. The summed E-state index contributed by atoms with van der Waals surface area (Å²) in [5.41, 5.74) is 2.51. The van der Waals surface area contributed by atoms with Gasteiger partial charge in [-0.05, 0) is 62.3 Å². The normalized spacial score (nSPS) is 21.8. The Labute approximate surface area is 168 Å². The number of carbonyl (C=O) groups is 1. The van der Waals surface area contributed by atoms with Gasteiger partial charge in [0.2, 0.25) is 11.5 Å². The number of nitrogens with zero attached hydrogens (tertiary/aromatic N) is 1. The number of amides is 1. The van der Waals surface area contributed by atoms with E-state index in [1.807, 2.05) is 24.4 Å². The largest absolute Gasteiger partial charge is 0.369 e. The molecule has 150 valence electrons. The number of H-pyrrole nitrogens is 2. The lowest BCUT2D eigenvalue weighted by atomic mass is 9.91. The number of nitrogens with one attached hydrogen (secondary N) is 4. The summed E-state index contributed by atoms with van der Waals surface area (Å²) in [7, 11) is 0. The van der Waals surface area contributed by atoms with E-state index in [4.69, 9.17) is 0 Å². The summed E-state index contributed by atoms with van der Waals surface area (Å²) in [5, 5.41) is 7.67. The van der Waals surface area contributed by atoms with Crippen molar-refractivity contribution in [3.8, 4) is 11.1 Å². The smallest absolute Gasteiger partial charge is 0.250 e. The van der Waals surface area contributed by atoms with Crippen molar-refractivity contribution in [1.29, 1.82) is 0 Å². The maximum Gasteiger partial charge on any atom is 0.250 e. The summed E-state index contributed by atoms with van der Waals surface area (Å²) in [5.74, 6) is 1.22. The Morgan fingerprint density at radius 1 is 1.07 bits per heavy atom. The third-order valence-electron chi connectivity index (χ3n) is 5.99. The van der Waals surface area contributed by atoms with E-state index in [0.717, 1.165) is 66.5 Å². The molecule has 0 aliphatic heterocycles. The number of hydrogen-bond donors (Lipinski definition) is 4. The molecule has 2 fully saturated rings. The van der Waals surface area contributed by atoms with E-state index < -0.39 is 0 Å². The van der Waals surface area contributed by atoms with E-state index in [2.05, 4.69) is 25.6 Å². The van der Waals surface area contributed by atoms with Gasteiger partial charge in [-0.1, -0.05) is 0 Å². The lowest BCUT2D eigenvalue weighted by Crippen LogP contribution is -2.40. The minimum absolute atomic E-state index is 0.131. The van der Waals surface area contributed by atoms with Gasteiger partial charge in [0, 0.05) is 47.4 Å². The van der Waals surface area contributed by atoms with Crippen LogP contribution in [0.1, 0.15) is 38.5 Å². The number of carbonyl (C=O) groups excluding carboxylic acids is 1. The molecule has 2 aliphatic carbocycles. The van der Waals surface area contributed by atoms with Gasteiger partial charge in [0.1, 0.15) is 11.5 Å². The number of aromatic amines is 2. The third kappa shape index (κ3) is 3.90. The fourth-order valence-corrected chi connectivity index (χ4v) is 4.24. The molecular formula is C22H25N5O2. The molecule has 0 saturated heterocycles. The molecule has 3 aromatic heterocycles. The molecule has 2 aliphatic rings. The fraction of sp³-hybridized carbons (Fsp3) is 0.409. The number of aromatic nitrogens is 3. The van der Waals surface area contributed by atoms with E-state index in [1.54, 1.807) is 12.3 Å². The Bertz CT molecular complexity index is 1090. The van der Waals surface area contributed by atoms with Gasteiger partial charge in [0.05, 0.1) is 0 Å².